The molecule has 2 atom stereocenters. The summed E-state index contributed by atoms with van der Waals surface area (Å²) in [5.41, 5.74) is 1.23. The topological polar surface area (TPSA) is 21.3 Å². The smallest absolute Gasteiger partial charge is 0.124 e. The highest BCUT2D eigenvalue weighted by molar-refractivity contribution is 9.10. The molecule has 3 heteroatoms. The molecule has 2 nitrogen and oxygen atoms in total. The van der Waals surface area contributed by atoms with Gasteiger partial charge in [-0.2, -0.15) is 0 Å². The summed E-state index contributed by atoms with van der Waals surface area (Å²) >= 11 is 3.56. The van der Waals surface area contributed by atoms with Crippen molar-refractivity contribution < 1.29 is 4.74 Å². The molecule has 0 aromatic heterocycles. The van der Waals surface area contributed by atoms with Gasteiger partial charge in [0.2, 0.25) is 0 Å². The van der Waals surface area contributed by atoms with E-state index >= 15 is 0 Å². The Bertz CT molecular complexity index is 406. The number of nitrogens with one attached hydrogen (secondary N) is 1. The Balaban J connectivity index is 2.83. The third-order valence-electron chi connectivity index (χ3n) is 3.27. The van der Waals surface area contributed by atoms with Crippen molar-refractivity contribution >= 4 is 15.9 Å². The molecule has 0 aliphatic rings. The maximum Gasteiger partial charge on any atom is 0.124 e. The van der Waals surface area contributed by atoms with Gasteiger partial charge in [-0.1, -0.05) is 36.7 Å². The van der Waals surface area contributed by atoms with E-state index in [0.29, 0.717) is 12.0 Å². The van der Waals surface area contributed by atoms with Crippen molar-refractivity contribution in [2.24, 2.45) is 5.92 Å². The van der Waals surface area contributed by atoms with Gasteiger partial charge in [-0.25, -0.2) is 0 Å². The van der Waals surface area contributed by atoms with E-state index in [1.165, 1.54) is 5.56 Å². The Morgan fingerprint density at radius 1 is 1.20 bits per heavy atom. The summed E-state index contributed by atoms with van der Waals surface area (Å²) in [6.07, 6.45) is 2.46. The van der Waals surface area contributed by atoms with Gasteiger partial charge in [0.15, 0.2) is 0 Å². The van der Waals surface area contributed by atoms with E-state index in [9.17, 15) is 0 Å². The maximum atomic E-state index is 6.15. The number of ether oxygens (including phenoxy) is 1. The normalized spacial score (nSPS) is 14.3. The fourth-order valence-corrected chi connectivity index (χ4v) is 2.74. The second-order valence-electron chi connectivity index (χ2n) is 5.92. The van der Waals surface area contributed by atoms with Crippen molar-refractivity contribution in [3.05, 3.63) is 28.2 Å². The van der Waals surface area contributed by atoms with Crippen LogP contribution >= 0.6 is 15.9 Å². The standard InChI is InChI=1S/C17H28BrNO/c1-6-9-19-14(5)16-11-15(18)7-8-17(16)20-13(4)10-12(2)3/h7-8,11-14,19H,6,9-10H2,1-5H3. The zero-order valence-corrected chi connectivity index (χ0v) is 15.0. The molecule has 1 N–H and O–H groups in total. The van der Waals surface area contributed by atoms with E-state index < -0.39 is 0 Å². The molecular weight excluding hydrogens is 314 g/mol. The summed E-state index contributed by atoms with van der Waals surface area (Å²) in [7, 11) is 0. The van der Waals surface area contributed by atoms with Crippen molar-refractivity contribution in [2.45, 2.75) is 59.6 Å². The molecule has 0 spiro atoms. The predicted molar refractivity (Wildman–Crippen MR) is 90.4 cm³/mol. The van der Waals surface area contributed by atoms with Crippen LogP contribution in [0.1, 0.15) is 59.1 Å². The van der Waals surface area contributed by atoms with Crippen molar-refractivity contribution in [2.75, 3.05) is 6.54 Å². The minimum absolute atomic E-state index is 0.244. The molecule has 0 amide bonds. The Labute approximate surface area is 132 Å². The van der Waals surface area contributed by atoms with Crippen LogP contribution in [-0.4, -0.2) is 12.6 Å². The number of benzene rings is 1. The van der Waals surface area contributed by atoms with Crippen LogP contribution in [0, 0.1) is 5.92 Å². The van der Waals surface area contributed by atoms with Crippen LogP contribution in [0.3, 0.4) is 0 Å². The van der Waals surface area contributed by atoms with Gasteiger partial charge in [0.25, 0.3) is 0 Å². The predicted octanol–water partition coefficient (Wildman–Crippen LogP) is 5.32. The van der Waals surface area contributed by atoms with Crippen LogP contribution in [0.25, 0.3) is 0 Å². The number of hydrogen-bond acceptors (Lipinski definition) is 2. The molecule has 1 aromatic carbocycles. The summed E-state index contributed by atoms with van der Waals surface area (Å²) < 4.78 is 7.25. The molecule has 114 valence electrons. The Morgan fingerprint density at radius 3 is 2.50 bits per heavy atom. The summed E-state index contributed by atoms with van der Waals surface area (Å²) in [5, 5.41) is 3.53. The molecule has 0 aliphatic heterocycles. The maximum absolute atomic E-state index is 6.15. The lowest BCUT2D eigenvalue weighted by Gasteiger charge is -2.22. The van der Waals surface area contributed by atoms with Gasteiger partial charge in [-0.05, 0) is 57.4 Å². The first-order chi connectivity index (χ1) is 9.43. The van der Waals surface area contributed by atoms with Gasteiger partial charge in [0, 0.05) is 16.1 Å². The molecule has 0 aliphatic carbocycles. The average Bonchev–Trinajstić information content (AvgIpc) is 2.37. The van der Waals surface area contributed by atoms with Crippen LogP contribution < -0.4 is 10.1 Å². The molecule has 0 bridgehead atoms. The molecule has 0 saturated carbocycles. The third kappa shape index (κ3) is 5.84. The quantitative estimate of drug-likeness (QED) is 0.690. The van der Waals surface area contributed by atoms with Gasteiger partial charge < -0.3 is 10.1 Å². The summed E-state index contributed by atoms with van der Waals surface area (Å²) in [5.74, 6) is 1.65. The highest BCUT2D eigenvalue weighted by Crippen LogP contribution is 2.30. The van der Waals surface area contributed by atoms with Gasteiger partial charge in [0.05, 0.1) is 6.10 Å². The van der Waals surface area contributed by atoms with E-state index in [4.69, 9.17) is 4.74 Å². The van der Waals surface area contributed by atoms with Crippen molar-refractivity contribution in [1.29, 1.82) is 0 Å². The molecule has 20 heavy (non-hydrogen) atoms. The zero-order chi connectivity index (χ0) is 15.1. The Hall–Kier alpha value is -0.540. The molecule has 1 rings (SSSR count). The first-order valence-corrected chi connectivity index (χ1v) is 8.42. The van der Waals surface area contributed by atoms with E-state index in [0.717, 1.165) is 29.6 Å². The lowest BCUT2D eigenvalue weighted by molar-refractivity contribution is 0.190. The average molecular weight is 342 g/mol. The van der Waals surface area contributed by atoms with Crippen molar-refractivity contribution in [3.63, 3.8) is 0 Å². The molecule has 1 aromatic rings. The largest absolute Gasteiger partial charge is 0.490 e. The molecule has 0 heterocycles. The molecule has 0 radical (unpaired) electrons. The minimum atomic E-state index is 0.244. The van der Waals surface area contributed by atoms with Crippen molar-refractivity contribution in [3.8, 4) is 5.75 Å². The highest BCUT2D eigenvalue weighted by atomic mass is 79.9. The van der Waals surface area contributed by atoms with E-state index in [2.05, 4.69) is 68.0 Å². The second kappa shape index (κ2) is 8.68. The molecule has 0 saturated heterocycles. The number of halogens is 1. The van der Waals surface area contributed by atoms with E-state index in [1.54, 1.807) is 0 Å². The van der Waals surface area contributed by atoms with Crippen LogP contribution in [0.4, 0.5) is 0 Å². The lowest BCUT2D eigenvalue weighted by atomic mass is 10.1. The molecule has 2 unspecified atom stereocenters. The van der Waals surface area contributed by atoms with Gasteiger partial charge >= 0.3 is 0 Å². The first kappa shape index (κ1) is 17.5. The monoisotopic (exact) mass is 341 g/mol. The van der Waals surface area contributed by atoms with Crippen LogP contribution in [-0.2, 0) is 0 Å². The summed E-state index contributed by atoms with van der Waals surface area (Å²) in [6.45, 7) is 12.0. The summed E-state index contributed by atoms with van der Waals surface area (Å²) in [4.78, 5) is 0. The SMILES string of the molecule is CCCNC(C)c1cc(Br)ccc1OC(C)CC(C)C. The fraction of sp³-hybridized carbons (Fsp3) is 0.647. The minimum Gasteiger partial charge on any atom is -0.490 e. The van der Waals surface area contributed by atoms with Crippen molar-refractivity contribution in [1.82, 2.24) is 5.32 Å². The number of rotatable bonds is 8. The lowest BCUT2D eigenvalue weighted by Crippen LogP contribution is -2.21. The Kier molecular flexibility index (Phi) is 7.60. The highest BCUT2D eigenvalue weighted by Gasteiger charge is 2.14. The Morgan fingerprint density at radius 2 is 1.90 bits per heavy atom. The number of hydrogen-bond donors (Lipinski definition) is 1. The third-order valence-corrected chi connectivity index (χ3v) is 3.76. The fourth-order valence-electron chi connectivity index (χ4n) is 2.36. The van der Waals surface area contributed by atoms with Gasteiger partial charge in [-0.15, -0.1) is 0 Å². The first-order valence-electron chi connectivity index (χ1n) is 7.63. The van der Waals surface area contributed by atoms with Crippen LogP contribution in [0.5, 0.6) is 5.75 Å². The van der Waals surface area contributed by atoms with Gasteiger partial charge in [-0.3, -0.25) is 0 Å². The molecular formula is C17H28BrNO. The van der Waals surface area contributed by atoms with Gasteiger partial charge in [0.1, 0.15) is 5.75 Å². The van der Waals surface area contributed by atoms with E-state index in [1.807, 2.05) is 6.07 Å². The summed E-state index contributed by atoms with van der Waals surface area (Å²) in [6, 6.07) is 6.58. The zero-order valence-electron chi connectivity index (χ0n) is 13.4. The van der Waals surface area contributed by atoms with Crippen LogP contribution in [0.2, 0.25) is 0 Å². The van der Waals surface area contributed by atoms with E-state index in [-0.39, 0.29) is 6.10 Å². The van der Waals surface area contributed by atoms with Crippen LogP contribution in [0.15, 0.2) is 22.7 Å². The molecule has 0 fully saturated rings. The second-order valence-corrected chi connectivity index (χ2v) is 6.83.